The number of carbonyl (C=O) groups is 2. The second-order valence-electron chi connectivity index (χ2n) is 4.81. The molecular weight excluding hydrogens is 280 g/mol. The van der Waals surface area contributed by atoms with Gasteiger partial charge in [0.05, 0.1) is 18.3 Å². The Hall–Kier alpha value is -2.95. The van der Waals surface area contributed by atoms with E-state index < -0.39 is 5.97 Å². The zero-order chi connectivity index (χ0) is 15.5. The van der Waals surface area contributed by atoms with E-state index in [1.807, 2.05) is 48.5 Å². The number of hydrogen-bond donors (Lipinski definition) is 0. The topological polar surface area (TPSA) is 61.2 Å². The number of ether oxygens (including phenoxy) is 1. The van der Waals surface area contributed by atoms with E-state index in [0.717, 1.165) is 28.4 Å². The van der Waals surface area contributed by atoms with E-state index in [0.29, 0.717) is 6.42 Å². The first-order chi connectivity index (χ1) is 10.7. The lowest BCUT2D eigenvalue weighted by Crippen LogP contribution is -2.04. The van der Waals surface area contributed by atoms with Crippen LogP contribution in [0.25, 0.3) is 16.6 Å². The summed E-state index contributed by atoms with van der Waals surface area (Å²) in [4.78, 5) is 22.4. The van der Waals surface area contributed by atoms with Crippen LogP contribution in [0, 0.1) is 0 Å². The summed E-state index contributed by atoms with van der Waals surface area (Å²) in [5.41, 5.74) is 2.87. The van der Waals surface area contributed by atoms with Crippen LogP contribution < -0.4 is 0 Å². The number of para-hydroxylation sites is 1. The van der Waals surface area contributed by atoms with E-state index in [1.165, 1.54) is 7.11 Å². The van der Waals surface area contributed by atoms with Gasteiger partial charge in [-0.15, -0.1) is 0 Å². The van der Waals surface area contributed by atoms with E-state index in [2.05, 4.69) is 5.10 Å². The molecule has 0 aliphatic heterocycles. The minimum atomic E-state index is -0.465. The molecule has 110 valence electrons. The number of rotatable bonds is 4. The van der Waals surface area contributed by atoms with Crippen molar-refractivity contribution in [1.82, 2.24) is 9.78 Å². The lowest BCUT2D eigenvalue weighted by molar-refractivity contribution is -0.107. The second-order valence-corrected chi connectivity index (χ2v) is 4.81. The normalized spacial score (nSPS) is 10.6. The quantitative estimate of drug-likeness (QED) is 0.548. The zero-order valence-corrected chi connectivity index (χ0v) is 12.0. The van der Waals surface area contributed by atoms with Gasteiger partial charge in [0, 0.05) is 11.8 Å². The summed E-state index contributed by atoms with van der Waals surface area (Å²) >= 11 is 0. The van der Waals surface area contributed by atoms with Crippen molar-refractivity contribution in [2.75, 3.05) is 7.11 Å². The third-order valence-corrected chi connectivity index (χ3v) is 3.47. The Morgan fingerprint density at radius 2 is 1.91 bits per heavy atom. The number of aromatic nitrogens is 2. The van der Waals surface area contributed by atoms with E-state index in [4.69, 9.17) is 4.74 Å². The molecule has 0 fully saturated rings. The van der Waals surface area contributed by atoms with Crippen LogP contribution in [0.15, 0.2) is 48.5 Å². The average Bonchev–Trinajstić information content (AvgIpc) is 2.95. The summed E-state index contributed by atoms with van der Waals surface area (Å²) in [6, 6.07) is 15.0. The predicted octanol–water partition coefficient (Wildman–Crippen LogP) is 2.55. The molecule has 0 saturated carbocycles. The number of benzene rings is 2. The van der Waals surface area contributed by atoms with Crippen molar-refractivity contribution in [3.05, 3.63) is 59.8 Å². The first kappa shape index (κ1) is 14.0. The van der Waals surface area contributed by atoms with Gasteiger partial charge in [-0.1, -0.05) is 30.3 Å². The van der Waals surface area contributed by atoms with Crippen molar-refractivity contribution >= 4 is 23.2 Å². The highest BCUT2D eigenvalue weighted by atomic mass is 16.5. The number of hydrogen-bond acceptors (Lipinski definition) is 4. The van der Waals surface area contributed by atoms with Gasteiger partial charge >= 0.3 is 5.97 Å². The molecule has 1 heterocycles. The SMILES string of the molecule is COC(=O)c1nn(-c2ccc(CC=O)cc2)c2ccccc12. The standard InChI is InChI=1S/C17H14N2O3/c1-22-17(21)16-14-4-2-3-5-15(14)19(18-16)13-8-6-12(7-9-13)10-11-20/h2-9,11H,10H2,1H3. The second kappa shape index (κ2) is 5.81. The molecule has 0 spiro atoms. The third-order valence-electron chi connectivity index (χ3n) is 3.47. The largest absolute Gasteiger partial charge is 0.464 e. The number of methoxy groups -OCH3 is 1. The molecule has 0 amide bonds. The van der Waals surface area contributed by atoms with E-state index in [9.17, 15) is 9.59 Å². The van der Waals surface area contributed by atoms with Crippen LogP contribution in [0.2, 0.25) is 0 Å². The third kappa shape index (κ3) is 2.37. The smallest absolute Gasteiger partial charge is 0.359 e. The molecule has 2 aromatic carbocycles. The number of aldehydes is 1. The molecular formula is C17H14N2O3. The van der Waals surface area contributed by atoms with Crippen LogP contribution in [-0.2, 0) is 16.0 Å². The maximum atomic E-state index is 11.9. The molecule has 3 rings (SSSR count). The molecule has 0 bridgehead atoms. The number of nitrogens with zero attached hydrogens (tertiary/aromatic N) is 2. The molecule has 0 atom stereocenters. The number of carbonyl (C=O) groups excluding carboxylic acids is 2. The minimum absolute atomic E-state index is 0.287. The highest BCUT2D eigenvalue weighted by Gasteiger charge is 2.17. The first-order valence-corrected chi connectivity index (χ1v) is 6.83. The molecule has 5 nitrogen and oxygen atoms in total. The molecule has 22 heavy (non-hydrogen) atoms. The summed E-state index contributed by atoms with van der Waals surface area (Å²) in [7, 11) is 1.34. The van der Waals surface area contributed by atoms with E-state index in [1.54, 1.807) is 4.68 Å². The Labute approximate surface area is 127 Å². The monoisotopic (exact) mass is 294 g/mol. The molecule has 0 aliphatic rings. The Kier molecular flexibility index (Phi) is 3.70. The molecule has 0 aliphatic carbocycles. The van der Waals surface area contributed by atoms with Gasteiger partial charge in [0.25, 0.3) is 0 Å². The van der Waals surface area contributed by atoms with Crippen molar-refractivity contribution < 1.29 is 14.3 Å². The van der Waals surface area contributed by atoms with Gasteiger partial charge in [-0.25, -0.2) is 9.48 Å². The summed E-state index contributed by atoms with van der Waals surface area (Å²) in [6.07, 6.45) is 1.25. The van der Waals surface area contributed by atoms with Gasteiger partial charge in [-0.2, -0.15) is 5.10 Å². The van der Waals surface area contributed by atoms with E-state index >= 15 is 0 Å². The predicted molar refractivity (Wildman–Crippen MR) is 82.2 cm³/mol. The Balaban J connectivity index is 2.14. The fraction of sp³-hybridized carbons (Fsp3) is 0.118. The van der Waals surface area contributed by atoms with Crippen molar-refractivity contribution in [1.29, 1.82) is 0 Å². The van der Waals surface area contributed by atoms with Crippen LogP contribution in [0.3, 0.4) is 0 Å². The van der Waals surface area contributed by atoms with Gasteiger partial charge in [-0.3, -0.25) is 0 Å². The van der Waals surface area contributed by atoms with Crippen LogP contribution in [-0.4, -0.2) is 29.1 Å². The average molecular weight is 294 g/mol. The molecule has 5 heteroatoms. The van der Waals surface area contributed by atoms with E-state index in [-0.39, 0.29) is 5.69 Å². The fourth-order valence-electron chi connectivity index (χ4n) is 2.38. The summed E-state index contributed by atoms with van der Waals surface area (Å²) in [5.74, 6) is -0.465. The van der Waals surface area contributed by atoms with Crippen molar-refractivity contribution in [3.63, 3.8) is 0 Å². The van der Waals surface area contributed by atoms with Crippen LogP contribution in [0.5, 0.6) is 0 Å². The molecule has 0 unspecified atom stereocenters. The lowest BCUT2D eigenvalue weighted by atomic mass is 10.1. The van der Waals surface area contributed by atoms with Crippen molar-refractivity contribution in [2.24, 2.45) is 0 Å². The fourth-order valence-corrected chi connectivity index (χ4v) is 2.38. The zero-order valence-electron chi connectivity index (χ0n) is 12.0. The molecule has 0 N–H and O–H groups in total. The highest BCUT2D eigenvalue weighted by Crippen LogP contribution is 2.22. The maximum absolute atomic E-state index is 11.9. The van der Waals surface area contributed by atoms with Gasteiger partial charge in [-0.05, 0) is 23.8 Å². The van der Waals surface area contributed by atoms with Crippen molar-refractivity contribution in [3.8, 4) is 5.69 Å². The Bertz CT molecular complexity index is 835. The number of fused-ring (bicyclic) bond motifs is 1. The Morgan fingerprint density at radius 1 is 1.18 bits per heavy atom. The minimum Gasteiger partial charge on any atom is -0.464 e. The Morgan fingerprint density at radius 3 is 2.59 bits per heavy atom. The van der Waals surface area contributed by atoms with Crippen LogP contribution in [0.4, 0.5) is 0 Å². The van der Waals surface area contributed by atoms with Gasteiger partial charge in [0.1, 0.15) is 6.29 Å². The van der Waals surface area contributed by atoms with Gasteiger partial charge in [0.15, 0.2) is 5.69 Å². The van der Waals surface area contributed by atoms with Gasteiger partial charge < -0.3 is 9.53 Å². The number of esters is 1. The summed E-state index contributed by atoms with van der Waals surface area (Å²) in [6.45, 7) is 0. The lowest BCUT2D eigenvalue weighted by Gasteiger charge is -2.04. The van der Waals surface area contributed by atoms with Crippen LogP contribution >= 0.6 is 0 Å². The first-order valence-electron chi connectivity index (χ1n) is 6.83. The highest BCUT2D eigenvalue weighted by molar-refractivity contribution is 6.02. The molecule has 1 aromatic heterocycles. The summed E-state index contributed by atoms with van der Waals surface area (Å²) in [5, 5.41) is 5.12. The van der Waals surface area contributed by atoms with Gasteiger partial charge in [0.2, 0.25) is 0 Å². The maximum Gasteiger partial charge on any atom is 0.359 e. The summed E-state index contributed by atoms with van der Waals surface area (Å²) < 4.78 is 6.49. The molecule has 0 radical (unpaired) electrons. The molecule has 0 saturated heterocycles. The van der Waals surface area contributed by atoms with Crippen LogP contribution in [0.1, 0.15) is 16.1 Å². The van der Waals surface area contributed by atoms with Crippen molar-refractivity contribution in [2.45, 2.75) is 6.42 Å². The molecule has 3 aromatic rings.